The van der Waals surface area contributed by atoms with Gasteiger partial charge < -0.3 is 14.2 Å². The molecule has 0 N–H and O–H groups in total. The third-order valence-electron chi connectivity index (χ3n) is 3.27. The molecule has 0 heterocycles. The van der Waals surface area contributed by atoms with Crippen LogP contribution in [0.1, 0.15) is 15.9 Å². The van der Waals surface area contributed by atoms with Crippen LogP contribution in [0.2, 0.25) is 0 Å². The first kappa shape index (κ1) is 18.4. The number of hydrogen-bond acceptors (Lipinski definition) is 4. The van der Waals surface area contributed by atoms with E-state index in [4.69, 9.17) is 9.47 Å². The second kappa shape index (κ2) is 8.23. The van der Waals surface area contributed by atoms with Crippen LogP contribution in [0.5, 0.6) is 17.2 Å². The molecule has 7 heteroatoms. The van der Waals surface area contributed by atoms with Gasteiger partial charge in [0.15, 0.2) is 17.3 Å². The van der Waals surface area contributed by atoms with Gasteiger partial charge in [-0.3, -0.25) is 4.79 Å². The molecule has 0 spiro atoms. The highest BCUT2D eigenvalue weighted by Gasteiger charge is 2.12. The number of allylic oxidation sites excluding steroid dienone is 1. The topological polar surface area (TPSA) is 44.8 Å². The number of carbonyl (C=O) groups is 1. The number of halogens is 3. The molecule has 0 saturated carbocycles. The predicted octanol–water partition coefficient (Wildman–Crippen LogP) is 4.34. The lowest BCUT2D eigenvalue weighted by Crippen LogP contribution is -2.03. The van der Waals surface area contributed by atoms with Crippen molar-refractivity contribution in [3.8, 4) is 17.2 Å². The standard InChI is InChI=1S/C18H15F3O4/c1-23-12-5-6-13(14(19)10-12)15(22)7-3-11-4-8-16(25-18(20)21)17(9-11)24-2/h3-10,18H,1-2H3/b7-3+. The molecule has 2 aromatic rings. The molecule has 0 aliphatic heterocycles. The van der Waals surface area contributed by atoms with Gasteiger partial charge in [0, 0.05) is 6.07 Å². The van der Waals surface area contributed by atoms with Gasteiger partial charge in [0.25, 0.3) is 0 Å². The maximum Gasteiger partial charge on any atom is 0.387 e. The van der Waals surface area contributed by atoms with Gasteiger partial charge >= 0.3 is 6.61 Å². The van der Waals surface area contributed by atoms with Crippen molar-refractivity contribution in [2.45, 2.75) is 6.61 Å². The lowest BCUT2D eigenvalue weighted by atomic mass is 10.1. The van der Waals surface area contributed by atoms with Gasteiger partial charge in [0.1, 0.15) is 11.6 Å². The Hall–Kier alpha value is -2.96. The van der Waals surface area contributed by atoms with Crippen molar-refractivity contribution in [3.05, 3.63) is 59.4 Å². The Balaban J connectivity index is 2.19. The van der Waals surface area contributed by atoms with Crippen molar-refractivity contribution in [3.63, 3.8) is 0 Å². The minimum atomic E-state index is -2.98. The van der Waals surface area contributed by atoms with Crippen LogP contribution in [0, 0.1) is 5.82 Å². The summed E-state index contributed by atoms with van der Waals surface area (Å²) in [7, 11) is 2.70. The molecule has 132 valence electrons. The van der Waals surface area contributed by atoms with Crippen molar-refractivity contribution < 1.29 is 32.2 Å². The molecule has 0 aromatic heterocycles. The average molecular weight is 352 g/mol. The van der Waals surface area contributed by atoms with Gasteiger partial charge in [-0.25, -0.2) is 4.39 Å². The van der Waals surface area contributed by atoms with E-state index in [-0.39, 0.29) is 17.1 Å². The quantitative estimate of drug-likeness (QED) is 0.549. The number of hydrogen-bond donors (Lipinski definition) is 0. The summed E-state index contributed by atoms with van der Waals surface area (Å²) in [6.07, 6.45) is 2.59. The first-order chi connectivity index (χ1) is 11.9. The van der Waals surface area contributed by atoms with E-state index in [9.17, 15) is 18.0 Å². The van der Waals surface area contributed by atoms with E-state index in [1.165, 1.54) is 56.7 Å². The van der Waals surface area contributed by atoms with Gasteiger partial charge in [0.05, 0.1) is 19.8 Å². The van der Waals surface area contributed by atoms with Crippen LogP contribution < -0.4 is 14.2 Å². The SMILES string of the molecule is COc1ccc(C(=O)/C=C/c2ccc(OC(F)F)c(OC)c2)c(F)c1. The van der Waals surface area contributed by atoms with Crippen LogP contribution in [0.3, 0.4) is 0 Å². The van der Waals surface area contributed by atoms with Crippen molar-refractivity contribution in [1.29, 1.82) is 0 Å². The van der Waals surface area contributed by atoms with Crippen LogP contribution in [-0.4, -0.2) is 26.6 Å². The number of alkyl halides is 2. The minimum Gasteiger partial charge on any atom is -0.497 e. The predicted molar refractivity (Wildman–Crippen MR) is 85.9 cm³/mol. The zero-order chi connectivity index (χ0) is 18.4. The highest BCUT2D eigenvalue weighted by atomic mass is 19.3. The normalized spacial score (nSPS) is 11.0. The number of benzene rings is 2. The summed E-state index contributed by atoms with van der Waals surface area (Å²) in [5.41, 5.74) is 0.391. The molecule has 0 aliphatic carbocycles. The Kier molecular flexibility index (Phi) is 6.05. The van der Waals surface area contributed by atoms with Crippen molar-refractivity contribution >= 4 is 11.9 Å². The Morgan fingerprint density at radius 1 is 1.04 bits per heavy atom. The van der Waals surface area contributed by atoms with Crippen LogP contribution in [0.25, 0.3) is 6.08 Å². The number of carbonyl (C=O) groups excluding carboxylic acids is 1. The van der Waals surface area contributed by atoms with Crippen LogP contribution >= 0.6 is 0 Å². The monoisotopic (exact) mass is 352 g/mol. The maximum absolute atomic E-state index is 13.9. The molecule has 0 saturated heterocycles. The molecule has 0 bridgehead atoms. The van der Waals surface area contributed by atoms with Crippen molar-refractivity contribution in [1.82, 2.24) is 0 Å². The Morgan fingerprint density at radius 3 is 2.40 bits per heavy atom. The number of rotatable bonds is 7. The van der Waals surface area contributed by atoms with Gasteiger partial charge in [-0.1, -0.05) is 12.1 Å². The summed E-state index contributed by atoms with van der Waals surface area (Å²) >= 11 is 0. The van der Waals surface area contributed by atoms with E-state index >= 15 is 0 Å². The van der Waals surface area contributed by atoms with E-state index < -0.39 is 18.2 Å². The summed E-state index contributed by atoms with van der Waals surface area (Å²) in [6.45, 7) is -2.98. The fraction of sp³-hybridized carbons (Fsp3) is 0.167. The van der Waals surface area contributed by atoms with Crippen LogP contribution in [0.4, 0.5) is 13.2 Å². The van der Waals surface area contributed by atoms with Gasteiger partial charge in [-0.2, -0.15) is 8.78 Å². The van der Waals surface area contributed by atoms with E-state index in [0.717, 1.165) is 6.07 Å². The Labute approximate surface area is 142 Å². The maximum atomic E-state index is 13.9. The molecule has 0 atom stereocenters. The third-order valence-corrected chi connectivity index (χ3v) is 3.27. The average Bonchev–Trinajstić information content (AvgIpc) is 2.59. The lowest BCUT2D eigenvalue weighted by Gasteiger charge is -2.10. The highest BCUT2D eigenvalue weighted by Crippen LogP contribution is 2.30. The Bertz CT molecular complexity index is 788. The van der Waals surface area contributed by atoms with Gasteiger partial charge in [0.2, 0.25) is 0 Å². The largest absolute Gasteiger partial charge is 0.497 e. The first-order valence-corrected chi connectivity index (χ1v) is 7.13. The van der Waals surface area contributed by atoms with Gasteiger partial charge in [-0.15, -0.1) is 0 Å². The van der Waals surface area contributed by atoms with Gasteiger partial charge in [-0.05, 0) is 35.9 Å². The summed E-state index contributed by atoms with van der Waals surface area (Å²) in [5, 5.41) is 0. The Morgan fingerprint density at radius 2 is 1.80 bits per heavy atom. The minimum absolute atomic E-state index is 0.0885. The molecular weight excluding hydrogens is 337 g/mol. The number of methoxy groups -OCH3 is 2. The summed E-state index contributed by atoms with van der Waals surface area (Å²) in [4.78, 5) is 12.1. The summed E-state index contributed by atoms with van der Waals surface area (Å²) in [6, 6.07) is 8.09. The second-order valence-corrected chi connectivity index (χ2v) is 4.83. The smallest absolute Gasteiger partial charge is 0.387 e. The fourth-order valence-corrected chi connectivity index (χ4v) is 2.07. The lowest BCUT2D eigenvalue weighted by molar-refractivity contribution is -0.0512. The molecule has 0 fully saturated rings. The zero-order valence-electron chi connectivity index (χ0n) is 13.5. The molecule has 0 radical (unpaired) electrons. The third kappa shape index (κ3) is 4.76. The summed E-state index contributed by atoms with van der Waals surface area (Å²) < 4.78 is 52.6. The number of ketones is 1. The molecule has 2 rings (SSSR count). The second-order valence-electron chi connectivity index (χ2n) is 4.83. The zero-order valence-corrected chi connectivity index (χ0v) is 13.5. The molecule has 0 aliphatic rings. The van der Waals surface area contributed by atoms with Crippen LogP contribution in [-0.2, 0) is 0 Å². The molecule has 25 heavy (non-hydrogen) atoms. The molecule has 0 unspecified atom stereocenters. The molecular formula is C18H15F3O4. The molecule has 0 amide bonds. The van der Waals surface area contributed by atoms with Crippen molar-refractivity contribution in [2.24, 2.45) is 0 Å². The van der Waals surface area contributed by atoms with E-state index in [1.807, 2.05) is 0 Å². The summed E-state index contributed by atoms with van der Waals surface area (Å²) in [5.74, 6) is -0.982. The first-order valence-electron chi connectivity index (χ1n) is 7.13. The van der Waals surface area contributed by atoms with E-state index in [2.05, 4.69) is 4.74 Å². The highest BCUT2D eigenvalue weighted by molar-refractivity contribution is 6.07. The van der Waals surface area contributed by atoms with Crippen LogP contribution in [0.15, 0.2) is 42.5 Å². The van der Waals surface area contributed by atoms with Crippen molar-refractivity contribution in [2.75, 3.05) is 14.2 Å². The molecule has 4 nitrogen and oxygen atoms in total. The van der Waals surface area contributed by atoms with E-state index in [0.29, 0.717) is 11.3 Å². The fourth-order valence-electron chi connectivity index (χ4n) is 2.07. The number of ether oxygens (including phenoxy) is 3. The molecule has 2 aromatic carbocycles. The van der Waals surface area contributed by atoms with E-state index in [1.54, 1.807) is 0 Å².